The van der Waals surface area contributed by atoms with Crippen LogP contribution >= 0.6 is 0 Å². The molecule has 4 rings (SSSR count). The number of ether oxygens (including phenoxy) is 3. The van der Waals surface area contributed by atoms with E-state index >= 15 is 0 Å². The molecular weight excluding hydrogens is 528 g/mol. The Bertz CT molecular complexity index is 1590. The Morgan fingerprint density at radius 1 is 0.619 bits per heavy atom. The first-order valence-electron chi connectivity index (χ1n) is 13.6. The van der Waals surface area contributed by atoms with Crippen molar-refractivity contribution in [3.8, 4) is 29.1 Å². The van der Waals surface area contributed by atoms with Crippen molar-refractivity contribution in [2.45, 2.75) is 32.6 Å². The van der Waals surface area contributed by atoms with Gasteiger partial charge in [0.25, 0.3) is 0 Å². The molecule has 0 aliphatic rings. The van der Waals surface area contributed by atoms with Crippen LogP contribution < -0.4 is 14.2 Å². The number of unbranched alkanes of at least 4 members (excludes halogenated alkanes) is 2. The molecule has 0 bridgehead atoms. The van der Waals surface area contributed by atoms with Crippen LogP contribution in [-0.4, -0.2) is 17.9 Å². The van der Waals surface area contributed by atoms with E-state index in [1.165, 1.54) is 18.4 Å². The molecule has 0 unspecified atom stereocenters. The molecule has 0 fully saturated rings. The molecule has 0 N–H and O–H groups in total. The first kappa shape index (κ1) is 29.6. The summed E-state index contributed by atoms with van der Waals surface area (Å²) < 4.78 is 16.0. The maximum atomic E-state index is 12.6. The molecule has 6 nitrogen and oxygen atoms in total. The lowest BCUT2D eigenvalue weighted by Crippen LogP contribution is -2.09. The minimum absolute atomic E-state index is 0.322. The minimum atomic E-state index is -0.528. The molecule has 42 heavy (non-hydrogen) atoms. The van der Waals surface area contributed by atoms with Crippen LogP contribution in [0.2, 0.25) is 0 Å². The number of carbonyl (C=O) groups is 3. The van der Waals surface area contributed by atoms with Gasteiger partial charge in [0.05, 0.1) is 11.1 Å². The normalized spacial score (nSPS) is 10.1. The molecule has 0 spiro atoms. The zero-order valence-electron chi connectivity index (χ0n) is 23.3. The van der Waals surface area contributed by atoms with E-state index in [4.69, 9.17) is 14.2 Å². The molecular formula is C36H30O6. The highest BCUT2D eigenvalue weighted by molar-refractivity contribution is 5.92. The van der Waals surface area contributed by atoms with E-state index in [2.05, 4.69) is 25.3 Å². The summed E-state index contributed by atoms with van der Waals surface area (Å²) in [6, 6.07) is 27.3. The van der Waals surface area contributed by atoms with Gasteiger partial charge in [-0.3, -0.25) is 0 Å². The summed E-state index contributed by atoms with van der Waals surface area (Å²) in [5, 5.41) is 0. The van der Waals surface area contributed by atoms with Crippen molar-refractivity contribution >= 4 is 17.9 Å². The van der Waals surface area contributed by atoms with Crippen LogP contribution in [0.5, 0.6) is 17.2 Å². The van der Waals surface area contributed by atoms with Gasteiger partial charge in [0.2, 0.25) is 0 Å². The Morgan fingerprint density at radius 2 is 1.05 bits per heavy atom. The van der Waals surface area contributed by atoms with E-state index in [0.29, 0.717) is 33.9 Å². The summed E-state index contributed by atoms with van der Waals surface area (Å²) in [6.07, 6.45) is 5.58. The third-order valence-corrected chi connectivity index (χ3v) is 6.21. The number of hydrogen-bond acceptors (Lipinski definition) is 6. The van der Waals surface area contributed by atoms with E-state index in [1.54, 1.807) is 84.9 Å². The zero-order valence-corrected chi connectivity index (χ0v) is 23.3. The first-order valence-corrected chi connectivity index (χ1v) is 13.6. The van der Waals surface area contributed by atoms with Crippen LogP contribution in [-0.2, 0) is 11.2 Å². The van der Waals surface area contributed by atoms with E-state index in [0.717, 1.165) is 24.5 Å². The van der Waals surface area contributed by atoms with Gasteiger partial charge in [-0.25, -0.2) is 14.4 Å². The van der Waals surface area contributed by atoms with E-state index in [1.807, 2.05) is 12.1 Å². The molecule has 0 saturated carbocycles. The van der Waals surface area contributed by atoms with Crippen LogP contribution in [0.15, 0.2) is 110 Å². The minimum Gasteiger partial charge on any atom is -0.423 e. The molecule has 4 aromatic carbocycles. The number of aryl methyl sites for hydroxylation is 1. The van der Waals surface area contributed by atoms with Gasteiger partial charge < -0.3 is 14.2 Å². The molecule has 0 aliphatic carbocycles. The average Bonchev–Trinajstić information content (AvgIpc) is 3.02. The van der Waals surface area contributed by atoms with E-state index in [-0.39, 0.29) is 0 Å². The fourth-order valence-electron chi connectivity index (χ4n) is 3.89. The summed E-state index contributed by atoms with van der Waals surface area (Å²) in [5.41, 5.74) is 3.49. The third kappa shape index (κ3) is 8.80. The van der Waals surface area contributed by atoms with Gasteiger partial charge in [0, 0.05) is 17.2 Å². The van der Waals surface area contributed by atoms with Gasteiger partial charge in [-0.1, -0.05) is 50.3 Å². The molecule has 0 atom stereocenters. The van der Waals surface area contributed by atoms with Crippen LogP contribution in [0.1, 0.15) is 63.6 Å². The Balaban J connectivity index is 1.28. The molecule has 0 aliphatic heterocycles. The van der Waals surface area contributed by atoms with Gasteiger partial charge in [-0.2, -0.15) is 0 Å². The zero-order chi connectivity index (χ0) is 29.7. The highest BCUT2D eigenvalue weighted by atomic mass is 16.5. The van der Waals surface area contributed by atoms with Crippen molar-refractivity contribution in [3.63, 3.8) is 0 Å². The summed E-state index contributed by atoms with van der Waals surface area (Å²) in [6.45, 7) is 5.54. The van der Waals surface area contributed by atoms with Gasteiger partial charge in [-0.05, 0) is 103 Å². The highest BCUT2D eigenvalue weighted by Gasteiger charge is 2.11. The number of hydrogen-bond donors (Lipinski definition) is 0. The lowest BCUT2D eigenvalue weighted by Gasteiger charge is -2.08. The predicted octanol–water partition coefficient (Wildman–Crippen LogP) is 7.35. The molecule has 0 radical (unpaired) electrons. The van der Waals surface area contributed by atoms with E-state index < -0.39 is 17.9 Å². The summed E-state index contributed by atoms with van der Waals surface area (Å²) in [4.78, 5) is 36.4. The number of carbonyl (C=O) groups excluding carboxylic acids is 3. The van der Waals surface area contributed by atoms with Gasteiger partial charge >= 0.3 is 17.9 Å². The number of rotatable bonds is 10. The predicted molar refractivity (Wildman–Crippen MR) is 161 cm³/mol. The topological polar surface area (TPSA) is 78.9 Å². The van der Waals surface area contributed by atoms with Crippen molar-refractivity contribution in [1.29, 1.82) is 0 Å². The quantitative estimate of drug-likeness (QED) is 0.0666. The summed E-state index contributed by atoms with van der Waals surface area (Å²) in [5.74, 6) is 5.62. The fraction of sp³-hybridized carbons (Fsp3) is 0.139. The monoisotopic (exact) mass is 558 g/mol. The molecule has 6 heteroatoms. The number of benzene rings is 4. The highest BCUT2D eigenvalue weighted by Crippen LogP contribution is 2.20. The van der Waals surface area contributed by atoms with Crippen molar-refractivity contribution in [1.82, 2.24) is 0 Å². The molecule has 0 aromatic heterocycles. The Morgan fingerprint density at radius 3 is 1.52 bits per heavy atom. The van der Waals surface area contributed by atoms with Crippen LogP contribution in [0, 0.1) is 11.8 Å². The van der Waals surface area contributed by atoms with Gasteiger partial charge in [0.1, 0.15) is 17.2 Å². The van der Waals surface area contributed by atoms with Crippen molar-refractivity contribution in [2.75, 3.05) is 0 Å². The first-order chi connectivity index (χ1) is 20.4. The molecule has 0 amide bonds. The second kappa shape index (κ2) is 14.8. The lowest BCUT2D eigenvalue weighted by atomic mass is 10.1. The standard InChI is InChI=1S/C36H30O6/c1-3-5-6-7-26-10-16-29(17-11-26)35(38)41-32-22-24-33(25-23-32)42-36(39)30-18-12-27(13-19-30)8-9-28-14-20-31(21-15-28)40-34(37)4-2/h4,10-25H,2-3,5-7H2,1H3. The SMILES string of the molecule is C=CC(=O)Oc1ccc(C#Cc2ccc(C(=O)Oc3ccc(OC(=O)c4ccc(CCCCC)cc4)cc3)cc2)cc1. The molecule has 0 heterocycles. The van der Waals surface area contributed by atoms with Gasteiger partial charge in [-0.15, -0.1) is 0 Å². The average molecular weight is 559 g/mol. The largest absolute Gasteiger partial charge is 0.423 e. The molecule has 0 saturated heterocycles. The smallest absolute Gasteiger partial charge is 0.343 e. The Labute approximate surface area is 245 Å². The Hall–Kier alpha value is -5.41. The fourth-order valence-corrected chi connectivity index (χ4v) is 3.89. The summed E-state index contributed by atoms with van der Waals surface area (Å²) in [7, 11) is 0. The number of esters is 3. The summed E-state index contributed by atoms with van der Waals surface area (Å²) >= 11 is 0. The van der Waals surface area contributed by atoms with Gasteiger partial charge in [0.15, 0.2) is 0 Å². The van der Waals surface area contributed by atoms with Crippen molar-refractivity contribution in [2.24, 2.45) is 0 Å². The van der Waals surface area contributed by atoms with Crippen molar-refractivity contribution in [3.05, 3.63) is 138 Å². The second-order valence-corrected chi connectivity index (χ2v) is 9.38. The van der Waals surface area contributed by atoms with E-state index in [9.17, 15) is 14.4 Å². The molecule has 210 valence electrons. The Kier molecular flexibility index (Phi) is 10.4. The van der Waals surface area contributed by atoms with Crippen LogP contribution in [0.25, 0.3) is 0 Å². The maximum Gasteiger partial charge on any atom is 0.343 e. The van der Waals surface area contributed by atoms with Crippen LogP contribution in [0.3, 0.4) is 0 Å². The van der Waals surface area contributed by atoms with Crippen LogP contribution in [0.4, 0.5) is 0 Å². The van der Waals surface area contributed by atoms with Crippen molar-refractivity contribution < 1.29 is 28.6 Å². The molecule has 4 aromatic rings. The third-order valence-electron chi connectivity index (χ3n) is 6.21. The maximum absolute atomic E-state index is 12.6. The second-order valence-electron chi connectivity index (χ2n) is 9.38. The lowest BCUT2D eigenvalue weighted by molar-refractivity contribution is -0.128.